The molecule has 0 atom stereocenters. The van der Waals surface area contributed by atoms with Crippen molar-refractivity contribution in [3.63, 3.8) is 0 Å². The maximum Gasteiger partial charge on any atom is 0.272 e. The number of hydrazone groups is 1. The van der Waals surface area contributed by atoms with Gasteiger partial charge in [0, 0.05) is 10.2 Å². The first-order valence-electron chi connectivity index (χ1n) is 8.77. The van der Waals surface area contributed by atoms with E-state index in [1.54, 1.807) is 54.6 Å². The Morgan fingerprint density at radius 2 is 1.62 bits per heavy atom. The standard InChI is InChI=1S/C22H18BrN3O3/c23-20-9-5-4-8-19(20)22(28)26-24-14-16-10-12-18(13-11-16)29-15-21(27)25-17-6-2-1-3-7-17/h1-14H,15H2,(H,25,27)(H,26,28)/b24-14-. The van der Waals surface area contributed by atoms with Gasteiger partial charge in [0.15, 0.2) is 6.61 Å². The van der Waals surface area contributed by atoms with E-state index in [4.69, 9.17) is 4.74 Å². The first kappa shape index (κ1) is 20.3. The van der Waals surface area contributed by atoms with Crippen molar-refractivity contribution in [2.45, 2.75) is 0 Å². The molecule has 3 aromatic carbocycles. The van der Waals surface area contributed by atoms with Crippen molar-refractivity contribution in [3.05, 3.63) is 94.5 Å². The minimum Gasteiger partial charge on any atom is -0.484 e. The number of hydrogen-bond donors (Lipinski definition) is 2. The Labute approximate surface area is 176 Å². The summed E-state index contributed by atoms with van der Waals surface area (Å²) < 4.78 is 6.18. The van der Waals surface area contributed by atoms with Crippen LogP contribution in [0.3, 0.4) is 0 Å². The molecule has 3 aromatic rings. The zero-order chi connectivity index (χ0) is 20.5. The van der Waals surface area contributed by atoms with Crippen LogP contribution in [-0.2, 0) is 4.79 Å². The molecule has 2 amide bonds. The lowest BCUT2D eigenvalue weighted by Crippen LogP contribution is -2.20. The van der Waals surface area contributed by atoms with E-state index in [0.717, 1.165) is 11.3 Å². The Kier molecular flexibility index (Phi) is 7.13. The Morgan fingerprint density at radius 1 is 0.931 bits per heavy atom. The van der Waals surface area contributed by atoms with Crippen molar-refractivity contribution in [2.75, 3.05) is 11.9 Å². The molecule has 0 saturated heterocycles. The summed E-state index contributed by atoms with van der Waals surface area (Å²) in [6, 6.07) is 23.3. The van der Waals surface area contributed by atoms with Crippen LogP contribution in [-0.4, -0.2) is 24.6 Å². The van der Waals surface area contributed by atoms with E-state index < -0.39 is 0 Å². The number of ether oxygens (including phenoxy) is 1. The van der Waals surface area contributed by atoms with Gasteiger partial charge in [-0.3, -0.25) is 9.59 Å². The van der Waals surface area contributed by atoms with Gasteiger partial charge < -0.3 is 10.1 Å². The number of rotatable bonds is 7. The minimum absolute atomic E-state index is 0.0929. The zero-order valence-corrected chi connectivity index (χ0v) is 16.9. The summed E-state index contributed by atoms with van der Waals surface area (Å²) in [7, 11) is 0. The lowest BCUT2D eigenvalue weighted by molar-refractivity contribution is -0.118. The van der Waals surface area contributed by atoms with Crippen LogP contribution in [0.4, 0.5) is 5.69 Å². The van der Waals surface area contributed by atoms with Gasteiger partial charge in [-0.15, -0.1) is 0 Å². The number of carbonyl (C=O) groups is 2. The van der Waals surface area contributed by atoms with Crippen LogP contribution in [0.2, 0.25) is 0 Å². The molecule has 0 saturated carbocycles. The molecule has 6 nitrogen and oxygen atoms in total. The third-order valence-corrected chi connectivity index (χ3v) is 4.50. The summed E-state index contributed by atoms with van der Waals surface area (Å²) in [6.07, 6.45) is 1.53. The van der Waals surface area contributed by atoms with Crippen molar-refractivity contribution >= 4 is 39.6 Å². The van der Waals surface area contributed by atoms with E-state index in [2.05, 4.69) is 31.8 Å². The van der Waals surface area contributed by atoms with Gasteiger partial charge in [-0.1, -0.05) is 30.3 Å². The molecule has 0 aliphatic heterocycles. The molecule has 29 heavy (non-hydrogen) atoms. The molecule has 2 N–H and O–H groups in total. The van der Waals surface area contributed by atoms with Crippen molar-refractivity contribution < 1.29 is 14.3 Å². The topological polar surface area (TPSA) is 79.8 Å². The molecule has 0 radical (unpaired) electrons. The summed E-state index contributed by atoms with van der Waals surface area (Å²) in [5.74, 6) is 0.0114. The van der Waals surface area contributed by atoms with Gasteiger partial charge in [-0.2, -0.15) is 5.10 Å². The highest BCUT2D eigenvalue weighted by Gasteiger charge is 2.07. The molecule has 0 fully saturated rings. The van der Waals surface area contributed by atoms with Gasteiger partial charge in [-0.05, 0) is 70.0 Å². The van der Waals surface area contributed by atoms with Crippen LogP contribution in [0.5, 0.6) is 5.75 Å². The van der Waals surface area contributed by atoms with Crippen molar-refractivity contribution in [1.29, 1.82) is 0 Å². The molecule has 7 heteroatoms. The monoisotopic (exact) mass is 451 g/mol. The summed E-state index contributed by atoms with van der Waals surface area (Å²) in [4.78, 5) is 24.0. The Balaban J connectivity index is 1.47. The number of benzene rings is 3. The first-order chi connectivity index (χ1) is 14.1. The molecular weight excluding hydrogens is 434 g/mol. The molecule has 0 aromatic heterocycles. The zero-order valence-electron chi connectivity index (χ0n) is 15.3. The maximum atomic E-state index is 12.1. The summed E-state index contributed by atoms with van der Waals surface area (Å²) in [6.45, 7) is -0.0929. The van der Waals surface area contributed by atoms with Crippen molar-refractivity contribution in [1.82, 2.24) is 5.43 Å². The normalized spacial score (nSPS) is 10.5. The number of anilines is 1. The Hall–Kier alpha value is -3.45. The van der Waals surface area contributed by atoms with Gasteiger partial charge in [0.05, 0.1) is 11.8 Å². The van der Waals surface area contributed by atoms with E-state index in [1.807, 2.05) is 24.3 Å². The second kappa shape index (κ2) is 10.2. The minimum atomic E-state index is -0.307. The lowest BCUT2D eigenvalue weighted by atomic mass is 10.2. The van der Waals surface area contributed by atoms with Gasteiger partial charge >= 0.3 is 0 Å². The summed E-state index contributed by atoms with van der Waals surface area (Å²) in [5, 5.41) is 6.71. The maximum absolute atomic E-state index is 12.1. The molecular formula is C22H18BrN3O3. The Morgan fingerprint density at radius 3 is 2.34 bits per heavy atom. The fourth-order valence-corrected chi connectivity index (χ4v) is 2.85. The molecule has 0 aliphatic rings. The molecule has 0 bridgehead atoms. The number of para-hydroxylation sites is 1. The quantitative estimate of drug-likeness (QED) is 0.416. The van der Waals surface area contributed by atoms with Gasteiger partial charge in [-0.25, -0.2) is 5.43 Å². The Bertz CT molecular complexity index is 1010. The SMILES string of the molecule is O=C(COc1ccc(/C=N\NC(=O)c2ccccc2Br)cc1)Nc1ccccc1. The van der Waals surface area contributed by atoms with E-state index in [0.29, 0.717) is 15.8 Å². The third kappa shape index (κ3) is 6.29. The fraction of sp³-hybridized carbons (Fsp3) is 0.0455. The van der Waals surface area contributed by atoms with Gasteiger partial charge in [0.25, 0.3) is 11.8 Å². The van der Waals surface area contributed by atoms with Crippen LogP contribution < -0.4 is 15.5 Å². The highest BCUT2D eigenvalue weighted by molar-refractivity contribution is 9.10. The highest BCUT2D eigenvalue weighted by Crippen LogP contribution is 2.15. The largest absolute Gasteiger partial charge is 0.484 e. The molecule has 0 aliphatic carbocycles. The number of amides is 2. The second-order valence-corrected chi connectivity index (χ2v) is 6.81. The highest BCUT2D eigenvalue weighted by atomic mass is 79.9. The predicted molar refractivity (Wildman–Crippen MR) is 116 cm³/mol. The van der Waals surface area contributed by atoms with Crippen LogP contribution in [0.25, 0.3) is 0 Å². The molecule has 0 spiro atoms. The average molecular weight is 452 g/mol. The van der Waals surface area contributed by atoms with Crippen LogP contribution >= 0.6 is 15.9 Å². The predicted octanol–water partition coefficient (Wildman–Crippen LogP) is 4.23. The number of halogens is 1. The van der Waals surface area contributed by atoms with E-state index in [1.165, 1.54) is 6.21 Å². The second-order valence-electron chi connectivity index (χ2n) is 5.95. The number of carbonyl (C=O) groups excluding carboxylic acids is 2. The van der Waals surface area contributed by atoms with E-state index in [9.17, 15) is 9.59 Å². The number of hydrogen-bond acceptors (Lipinski definition) is 4. The fourth-order valence-electron chi connectivity index (χ4n) is 2.39. The number of nitrogens with zero attached hydrogens (tertiary/aromatic N) is 1. The van der Waals surface area contributed by atoms with Crippen LogP contribution in [0, 0.1) is 0 Å². The van der Waals surface area contributed by atoms with Crippen LogP contribution in [0.1, 0.15) is 15.9 Å². The summed E-state index contributed by atoms with van der Waals surface area (Å²) >= 11 is 3.33. The van der Waals surface area contributed by atoms with Gasteiger partial charge in [0.1, 0.15) is 5.75 Å². The first-order valence-corrected chi connectivity index (χ1v) is 9.57. The molecule has 0 unspecified atom stereocenters. The van der Waals surface area contributed by atoms with Crippen LogP contribution in [0.15, 0.2) is 88.4 Å². The van der Waals surface area contributed by atoms with E-state index in [-0.39, 0.29) is 18.4 Å². The van der Waals surface area contributed by atoms with Gasteiger partial charge in [0.2, 0.25) is 0 Å². The average Bonchev–Trinajstić information content (AvgIpc) is 2.74. The van der Waals surface area contributed by atoms with Crippen molar-refractivity contribution in [2.24, 2.45) is 5.10 Å². The number of nitrogens with one attached hydrogen (secondary N) is 2. The molecule has 0 heterocycles. The van der Waals surface area contributed by atoms with E-state index >= 15 is 0 Å². The van der Waals surface area contributed by atoms with Crippen molar-refractivity contribution in [3.8, 4) is 5.75 Å². The molecule has 146 valence electrons. The third-order valence-electron chi connectivity index (χ3n) is 3.81. The smallest absolute Gasteiger partial charge is 0.272 e. The summed E-state index contributed by atoms with van der Waals surface area (Å²) in [5.41, 5.74) is 4.48. The lowest BCUT2D eigenvalue weighted by Gasteiger charge is -2.07. The molecule has 3 rings (SSSR count).